The molecule has 6 nitrogen and oxygen atoms in total. The van der Waals surface area contributed by atoms with Crippen molar-refractivity contribution >= 4 is 11.8 Å². The molecule has 1 aromatic heterocycles. The fraction of sp³-hybridized carbons (Fsp3) is 0.538. The molecule has 19 heavy (non-hydrogen) atoms. The van der Waals surface area contributed by atoms with Crippen molar-refractivity contribution in [3.8, 4) is 0 Å². The summed E-state index contributed by atoms with van der Waals surface area (Å²) in [6.07, 6.45) is 0. The number of carbonyl (C=O) groups excluding carboxylic acids is 2. The van der Waals surface area contributed by atoms with Crippen LogP contribution in [-0.2, 0) is 11.3 Å². The van der Waals surface area contributed by atoms with E-state index in [2.05, 4.69) is 5.32 Å². The topological polar surface area (TPSA) is 88.6 Å². The number of nitrogens with one attached hydrogen (secondary N) is 1. The molecule has 0 aliphatic heterocycles. The molecule has 2 amide bonds. The lowest BCUT2D eigenvalue weighted by molar-refractivity contribution is -0.132. The van der Waals surface area contributed by atoms with Crippen molar-refractivity contribution in [3.05, 3.63) is 23.7 Å². The van der Waals surface area contributed by atoms with Crippen LogP contribution >= 0.6 is 0 Å². The molecule has 6 heteroatoms. The molecular formula is C13H21N3O3. The van der Waals surface area contributed by atoms with Crippen LogP contribution in [0.2, 0.25) is 0 Å². The maximum absolute atomic E-state index is 12.0. The van der Waals surface area contributed by atoms with Crippen LogP contribution in [0.1, 0.15) is 37.1 Å². The van der Waals surface area contributed by atoms with E-state index in [0.29, 0.717) is 18.8 Å². The third-order valence-corrected chi connectivity index (χ3v) is 2.88. The minimum absolute atomic E-state index is 0.107. The van der Waals surface area contributed by atoms with Gasteiger partial charge in [0.05, 0.1) is 6.54 Å². The average Bonchev–Trinajstić information content (AvgIpc) is 2.88. The first-order chi connectivity index (χ1) is 9.03. The van der Waals surface area contributed by atoms with Crippen LogP contribution in [0, 0.1) is 0 Å². The second kappa shape index (κ2) is 6.94. The van der Waals surface area contributed by atoms with Gasteiger partial charge in [0, 0.05) is 13.1 Å². The van der Waals surface area contributed by atoms with E-state index in [1.54, 1.807) is 24.0 Å². The Balaban J connectivity index is 2.63. The molecule has 0 aliphatic rings. The summed E-state index contributed by atoms with van der Waals surface area (Å²) < 4.78 is 5.23. The van der Waals surface area contributed by atoms with Gasteiger partial charge in [0.1, 0.15) is 11.8 Å². The molecule has 0 saturated heterocycles. The second-order valence-electron chi connectivity index (χ2n) is 4.18. The van der Waals surface area contributed by atoms with E-state index < -0.39 is 11.9 Å². The maximum Gasteiger partial charge on any atom is 0.287 e. The number of rotatable bonds is 6. The summed E-state index contributed by atoms with van der Waals surface area (Å²) in [7, 11) is 0. The van der Waals surface area contributed by atoms with E-state index in [9.17, 15) is 9.59 Å². The van der Waals surface area contributed by atoms with Gasteiger partial charge in [-0.3, -0.25) is 9.59 Å². The van der Waals surface area contributed by atoms with Gasteiger partial charge in [-0.25, -0.2) is 0 Å². The van der Waals surface area contributed by atoms with Gasteiger partial charge >= 0.3 is 0 Å². The normalized spacial score (nSPS) is 12.0. The lowest BCUT2D eigenvalue weighted by atomic mass is 10.2. The minimum atomic E-state index is -0.584. The highest BCUT2D eigenvalue weighted by Crippen LogP contribution is 2.07. The summed E-state index contributed by atoms with van der Waals surface area (Å²) in [6, 6.07) is 2.61. The molecule has 0 bridgehead atoms. The molecular weight excluding hydrogens is 246 g/mol. The van der Waals surface area contributed by atoms with E-state index in [4.69, 9.17) is 10.2 Å². The minimum Gasteiger partial charge on any atom is -0.455 e. The number of likely N-dealkylation sites (N-methyl/N-ethyl adjacent to an activating group) is 1. The fourth-order valence-electron chi connectivity index (χ4n) is 1.75. The van der Waals surface area contributed by atoms with E-state index in [0.717, 1.165) is 0 Å². The van der Waals surface area contributed by atoms with Gasteiger partial charge in [-0.2, -0.15) is 0 Å². The highest BCUT2D eigenvalue weighted by Gasteiger charge is 2.21. The van der Waals surface area contributed by atoms with Gasteiger partial charge in [0.25, 0.3) is 5.91 Å². The van der Waals surface area contributed by atoms with Crippen molar-refractivity contribution < 1.29 is 14.0 Å². The van der Waals surface area contributed by atoms with Gasteiger partial charge in [-0.05, 0) is 32.9 Å². The fourth-order valence-corrected chi connectivity index (χ4v) is 1.75. The Bertz CT molecular complexity index is 438. The van der Waals surface area contributed by atoms with E-state index >= 15 is 0 Å². The molecule has 1 rings (SSSR count). The number of carbonyl (C=O) groups is 2. The summed E-state index contributed by atoms with van der Waals surface area (Å²) in [5.74, 6) is 0.184. The predicted molar refractivity (Wildman–Crippen MR) is 71.5 cm³/mol. The summed E-state index contributed by atoms with van der Waals surface area (Å²) in [5, 5.41) is 2.62. The Kier molecular flexibility index (Phi) is 5.57. The van der Waals surface area contributed by atoms with Crippen LogP contribution in [0.4, 0.5) is 0 Å². The number of furan rings is 1. The Morgan fingerprint density at radius 2 is 2.00 bits per heavy atom. The van der Waals surface area contributed by atoms with Crippen molar-refractivity contribution in [1.29, 1.82) is 0 Å². The summed E-state index contributed by atoms with van der Waals surface area (Å²) in [4.78, 5) is 25.5. The van der Waals surface area contributed by atoms with Crippen LogP contribution < -0.4 is 11.1 Å². The zero-order valence-corrected chi connectivity index (χ0v) is 11.6. The molecule has 0 saturated carbocycles. The van der Waals surface area contributed by atoms with E-state index in [1.807, 2.05) is 13.8 Å². The average molecular weight is 267 g/mol. The zero-order chi connectivity index (χ0) is 14.4. The molecule has 1 aromatic rings. The van der Waals surface area contributed by atoms with Crippen molar-refractivity contribution in [3.63, 3.8) is 0 Å². The predicted octanol–water partition coefficient (Wildman–Crippen LogP) is 0.725. The molecule has 1 atom stereocenters. The largest absolute Gasteiger partial charge is 0.455 e. The molecule has 106 valence electrons. The van der Waals surface area contributed by atoms with Crippen LogP contribution in [0.5, 0.6) is 0 Å². The van der Waals surface area contributed by atoms with Crippen LogP contribution in [-0.4, -0.2) is 35.8 Å². The van der Waals surface area contributed by atoms with E-state index in [-0.39, 0.29) is 18.2 Å². The summed E-state index contributed by atoms with van der Waals surface area (Å²) >= 11 is 0. The lowest BCUT2D eigenvalue weighted by Gasteiger charge is -2.23. The Morgan fingerprint density at radius 3 is 2.47 bits per heavy atom. The van der Waals surface area contributed by atoms with Crippen LogP contribution in [0.25, 0.3) is 0 Å². The molecule has 1 unspecified atom stereocenters. The zero-order valence-electron chi connectivity index (χ0n) is 11.6. The first-order valence-electron chi connectivity index (χ1n) is 6.41. The Labute approximate surface area is 112 Å². The lowest BCUT2D eigenvalue weighted by Crippen LogP contribution is -2.46. The monoisotopic (exact) mass is 267 g/mol. The van der Waals surface area contributed by atoms with Crippen molar-refractivity contribution in [2.45, 2.75) is 33.4 Å². The molecule has 3 N–H and O–H groups in total. The highest BCUT2D eigenvalue weighted by molar-refractivity contribution is 5.95. The molecule has 0 spiro atoms. The van der Waals surface area contributed by atoms with Gasteiger partial charge in [-0.15, -0.1) is 0 Å². The maximum atomic E-state index is 12.0. The number of hydrogen-bond acceptors (Lipinski definition) is 4. The van der Waals surface area contributed by atoms with Gasteiger partial charge in [0.15, 0.2) is 5.76 Å². The second-order valence-corrected chi connectivity index (χ2v) is 4.18. The van der Waals surface area contributed by atoms with Crippen molar-refractivity contribution in [2.75, 3.05) is 13.1 Å². The standard InChI is InChI=1S/C13H21N3O3/c1-4-16(5-2)13(18)9(3)15-12(17)11-7-6-10(8-14)19-11/h6-7,9H,4-5,8,14H2,1-3H3,(H,15,17). The third kappa shape index (κ3) is 3.82. The smallest absolute Gasteiger partial charge is 0.287 e. The van der Waals surface area contributed by atoms with Gasteiger partial charge < -0.3 is 20.4 Å². The SMILES string of the molecule is CCN(CC)C(=O)C(C)NC(=O)c1ccc(CN)o1. The first-order valence-corrected chi connectivity index (χ1v) is 6.41. The van der Waals surface area contributed by atoms with E-state index in [1.165, 1.54) is 0 Å². The molecule has 0 aliphatic carbocycles. The van der Waals surface area contributed by atoms with Crippen molar-refractivity contribution in [1.82, 2.24) is 10.2 Å². The molecule has 0 aromatic carbocycles. The Morgan fingerprint density at radius 1 is 1.37 bits per heavy atom. The summed E-state index contributed by atoms with van der Waals surface area (Å²) in [6.45, 7) is 6.93. The molecule has 0 radical (unpaired) electrons. The van der Waals surface area contributed by atoms with Gasteiger partial charge in [0.2, 0.25) is 5.91 Å². The molecule has 1 heterocycles. The number of nitrogens with zero attached hydrogens (tertiary/aromatic N) is 1. The van der Waals surface area contributed by atoms with Crippen LogP contribution in [0.3, 0.4) is 0 Å². The van der Waals surface area contributed by atoms with Crippen LogP contribution in [0.15, 0.2) is 16.5 Å². The third-order valence-electron chi connectivity index (χ3n) is 2.88. The first kappa shape index (κ1) is 15.2. The highest BCUT2D eigenvalue weighted by atomic mass is 16.4. The van der Waals surface area contributed by atoms with Crippen molar-refractivity contribution in [2.24, 2.45) is 5.73 Å². The number of nitrogens with two attached hydrogens (primary N) is 1. The Hall–Kier alpha value is -1.82. The number of amides is 2. The molecule has 0 fully saturated rings. The summed E-state index contributed by atoms with van der Waals surface area (Å²) in [5.41, 5.74) is 5.40. The quantitative estimate of drug-likeness (QED) is 0.795. The van der Waals surface area contributed by atoms with Gasteiger partial charge in [-0.1, -0.05) is 0 Å². The number of hydrogen-bond donors (Lipinski definition) is 2.